The zero-order chi connectivity index (χ0) is 57.8. The van der Waals surface area contributed by atoms with E-state index < -0.39 is 78.8 Å². The number of pyridine rings is 3. The number of hydrogen-bond donors (Lipinski definition) is 0. The first-order valence-electron chi connectivity index (χ1n) is 28.2. The van der Waals surface area contributed by atoms with Gasteiger partial charge in [0.2, 0.25) is 0 Å². The number of benzene rings is 5. The van der Waals surface area contributed by atoms with E-state index in [9.17, 15) is 5.48 Å². The first-order chi connectivity index (χ1) is 36.9. The van der Waals surface area contributed by atoms with Crippen LogP contribution in [-0.2, 0) is 52.0 Å². The number of hydrogen-bond acceptors (Lipinski definition) is 5. The maximum atomic E-state index is 9.30. The molecule has 9 aromatic rings. The van der Waals surface area contributed by atoms with Crippen molar-refractivity contribution >= 4 is 21.9 Å². The molecule has 5 nitrogen and oxygen atoms in total. The van der Waals surface area contributed by atoms with Crippen LogP contribution in [0.5, 0.6) is 0 Å². The summed E-state index contributed by atoms with van der Waals surface area (Å²) in [7, 11) is 0. The molecule has 312 valence electrons. The van der Waals surface area contributed by atoms with Crippen molar-refractivity contribution in [3.05, 3.63) is 209 Å². The van der Waals surface area contributed by atoms with Gasteiger partial charge in [0.25, 0.3) is 0 Å². The van der Waals surface area contributed by atoms with Gasteiger partial charge in [-0.1, -0.05) is 91.4 Å². The Morgan fingerprint density at radius 1 is 0.714 bits per heavy atom. The first kappa shape index (κ1) is 27.5. The Balaban J connectivity index is 0.000000318. The predicted octanol–water partition coefficient (Wildman–Crippen LogP) is 13.5. The Bertz CT molecular complexity index is 3770. The molecule has 9 rings (SSSR count). The fraction of sp³-hybridized carbons (Fsp3) is 0.193. The molecular weight excluding hydrogens is 949 g/mol. The molecule has 0 aliphatic rings. The fourth-order valence-corrected chi connectivity index (χ4v) is 6.47. The Kier molecular flexibility index (Phi) is 8.79. The summed E-state index contributed by atoms with van der Waals surface area (Å²) >= 11 is 0. The van der Waals surface area contributed by atoms with Gasteiger partial charge < -0.3 is 19.4 Å². The number of fused-ring (bicyclic) bond motifs is 3. The van der Waals surface area contributed by atoms with Gasteiger partial charge in [0.05, 0.1) is 20.0 Å². The van der Waals surface area contributed by atoms with Gasteiger partial charge >= 0.3 is 20.1 Å². The average Bonchev–Trinajstić information content (AvgIpc) is 3.90. The minimum Gasteiger partial charge on any atom is -0.501 e. The van der Waals surface area contributed by atoms with E-state index in [0.717, 1.165) is 47.7 Å². The summed E-state index contributed by atoms with van der Waals surface area (Å²) in [5.74, 6) is 0. The standard InChI is InChI=1S/C39H40N2.C18H9N2O.Ir/c1-28-20-30(16-18-34-26-40-37(22-29(34)2)32-12-8-6-9-13-32)23-31(21-28)17-19-35-27-41-38(33-14-10-7-11-15-33)24-36(35)25-39(3,4)5;19-11-12-7-8-13-14-4-3-5-15(16-6-1-2-9-20-16)18(14)21-17(13)10-12;/h6-12,14,20-24,26-27H,16-19,25H2,1-5H3;1-4,6-10H;/q-2;-1;+3/i1D2,2D3,16D2,17D2,18D2,19D2,25D2;7D,10D;. The molecule has 0 radical (unpaired) electrons. The van der Waals surface area contributed by atoms with Crippen LogP contribution in [0.4, 0.5) is 0 Å². The molecule has 0 unspecified atom stereocenters. The smallest absolute Gasteiger partial charge is 0.501 e. The average molecular weight is 1020 g/mol. The van der Waals surface area contributed by atoms with Crippen molar-refractivity contribution in [2.24, 2.45) is 5.41 Å². The number of nitriles is 1. The van der Waals surface area contributed by atoms with E-state index in [1.807, 2.05) is 30.3 Å². The molecule has 0 bridgehead atoms. The third kappa shape index (κ3) is 11.1. The van der Waals surface area contributed by atoms with Crippen LogP contribution in [0.1, 0.15) is 88.6 Å². The van der Waals surface area contributed by atoms with Crippen LogP contribution in [-0.4, -0.2) is 15.0 Å². The van der Waals surface area contributed by atoms with Crippen LogP contribution in [0.3, 0.4) is 0 Å². The van der Waals surface area contributed by atoms with Crippen LogP contribution in [0, 0.1) is 48.7 Å². The normalized spacial score (nSPS) is 16.5. The van der Waals surface area contributed by atoms with Crippen LogP contribution in [0.15, 0.2) is 150 Å². The summed E-state index contributed by atoms with van der Waals surface area (Å²) in [5.41, 5.74) is -0.714. The van der Waals surface area contributed by atoms with E-state index in [4.69, 9.17) is 27.5 Å². The molecule has 4 heterocycles. The zero-order valence-electron chi connectivity index (χ0n) is 51.3. The van der Waals surface area contributed by atoms with E-state index in [2.05, 4.69) is 33.2 Å². The van der Waals surface area contributed by atoms with Gasteiger partial charge in [-0.25, -0.2) is 0 Å². The van der Waals surface area contributed by atoms with Crippen molar-refractivity contribution < 1.29 is 47.8 Å². The molecule has 5 aromatic carbocycles. The summed E-state index contributed by atoms with van der Waals surface area (Å²) in [6.07, 6.45) is -11.2. The largest absolute Gasteiger partial charge is 3.00 e. The first-order valence-corrected chi connectivity index (χ1v) is 19.5. The Morgan fingerprint density at radius 3 is 2.05 bits per heavy atom. The monoisotopic (exact) mass is 1020 g/mol. The number of furan rings is 1. The molecule has 63 heavy (non-hydrogen) atoms. The summed E-state index contributed by atoms with van der Waals surface area (Å²) in [5, 5.41) is 10.6. The molecule has 0 aliphatic heterocycles. The second kappa shape index (κ2) is 20.1. The SMILES string of the molecule is [2H]C([2H])c1cc(C([2H])([2H])C([2H])([2H])c2cnc(-c3[c-]cccc3)cc2C([2H])([2H])[2H])cc(C([2H])([2H])C([2H])([2H])c2cnc(-c3[c-]cccc3)cc2C([2H])([2H])C(C)(C)C)c1.[2H]c1cc2c(oc3c(-c4ccccn4)[c-]ccc32)c([2H])c1C#N.[Ir+3]. The van der Waals surface area contributed by atoms with Gasteiger partial charge in [0.15, 0.2) is 0 Å². The summed E-state index contributed by atoms with van der Waals surface area (Å²) < 4.78 is 155. The van der Waals surface area contributed by atoms with Gasteiger partial charge in [0, 0.05) is 44.5 Å². The van der Waals surface area contributed by atoms with Gasteiger partial charge in [-0.3, -0.25) is 0 Å². The third-order valence-electron chi connectivity index (χ3n) is 9.25. The fourth-order valence-electron chi connectivity index (χ4n) is 6.47. The Labute approximate surface area is 409 Å². The van der Waals surface area contributed by atoms with Crippen molar-refractivity contribution in [3.8, 4) is 39.8 Å². The number of aryl methyl sites for hydroxylation is 6. The van der Waals surface area contributed by atoms with E-state index in [0.29, 0.717) is 33.2 Å². The maximum Gasteiger partial charge on any atom is 3.00 e. The molecule has 0 aliphatic carbocycles. The van der Waals surface area contributed by atoms with Crippen LogP contribution >= 0.6 is 0 Å². The predicted molar refractivity (Wildman–Crippen MR) is 251 cm³/mol. The third-order valence-corrected chi connectivity index (χ3v) is 9.25. The van der Waals surface area contributed by atoms with Crippen molar-refractivity contribution in [2.75, 3.05) is 0 Å². The second-order valence-corrected chi connectivity index (χ2v) is 15.1. The van der Waals surface area contributed by atoms with E-state index >= 15 is 0 Å². The number of rotatable bonds is 10. The van der Waals surface area contributed by atoms with Crippen molar-refractivity contribution in [2.45, 2.75) is 66.4 Å². The quantitative estimate of drug-likeness (QED) is 0.128. The van der Waals surface area contributed by atoms with Crippen LogP contribution in [0.2, 0.25) is 0 Å². The van der Waals surface area contributed by atoms with Crippen molar-refractivity contribution in [1.29, 1.82) is 5.26 Å². The van der Waals surface area contributed by atoms with Gasteiger partial charge in [-0.05, 0) is 114 Å². The molecule has 0 N–H and O–H groups in total. The molecule has 0 saturated carbocycles. The number of nitrogens with zero attached hydrogens (tertiary/aromatic N) is 4. The summed E-state index contributed by atoms with van der Waals surface area (Å²) in [6.45, 7) is 0.0598. The Morgan fingerprint density at radius 2 is 1.41 bits per heavy atom. The molecule has 0 spiro atoms. The molecule has 0 saturated heterocycles. The summed E-state index contributed by atoms with van der Waals surface area (Å²) in [4.78, 5) is 12.9. The van der Waals surface area contributed by atoms with E-state index in [1.54, 1.807) is 87.6 Å². The van der Waals surface area contributed by atoms with Crippen LogP contribution in [0.25, 0.3) is 55.7 Å². The topological polar surface area (TPSA) is 75.6 Å². The minimum absolute atomic E-state index is 0. The maximum absolute atomic E-state index is 9.30. The Hall–Kier alpha value is -6.51. The molecule has 4 aromatic heterocycles. The molecule has 0 fully saturated rings. The molecule has 0 amide bonds. The second-order valence-electron chi connectivity index (χ2n) is 15.1. The van der Waals surface area contributed by atoms with Gasteiger partial charge in [0.1, 0.15) is 5.58 Å². The van der Waals surface area contributed by atoms with Crippen LogP contribution < -0.4 is 0 Å². The van der Waals surface area contributed by atoms with Crippen molar-refractivity contribution in [3.63, 3.8) is 0 Å². The molecular formula is C57H49IrN4O. The molecule has 0 atom stereocenters. The number of aromatic nitrogens is 3. The van der Waals surface area contributed by atoms with Gasteiger partial charge in [-0.15, -0.1) is 90.0 Å². The van der Waals surface area contributed by atoms with Gasteiger partial charge in [-0.2, -0.15) is 5.26 Å². The summed E-state index contributed by atoms with van der Waals surface area (Å²) in [6, 6.07) is 40.5. The van der Waals surface area contributed by atoms with E-state index in [-0.39, 0.29) is 60.3 Å². The van der Waals surface area contributed by atoms with Crippen molar-refractivity contribution in [1.82, 2.24) is 15.0 Å². The minimum atomic E-state index is -3.18. The van der Waals surface area contributed by atoms with E-state index in [1.165, 1.54) is 6.07 Å². The zero-order valence-corrected chi connectivity index (χ0v) is 36.7. The molecule has 6 heteroatoms.